The van der Waals surface area contributed by atoms with E-state index in [1.165, 1.54) is 0 Å². The quantitative estimate of drug-likeness (QED) is 0.713. The number of nitrogens with one attached hydrogen (secondary N) is 1. The fourth-order valence-electron chi connectivity index (χ4n) is 2.46. The smallest absolute Gasteiger partial charge is 0.228 e. The van der Waals surface area contributed by atoms with Crippen molar-refractivity contribution in [2.24, 2.45) is 0 Å². The van der Waals surface area contributed by atoms with Crippen molar-refractivity contribution < 1.29 is 14.6 Å². The molecule has 0 aromatic heterocycles. The number of para-hydroxylation sites is 2. The second-order valence-corrected chi connectivity index (χ2v) is 5.81. The van der Waals surface area contributed by atoms with E-state index < -0.39 is 0 Å². The van der Waals surface area contributed by atoms with E-state index in [1.807, 2.05) is 49.4 Å². The first-order valence-corrected chi connectivity index (χ1v) is 8.01. The van der Waals surface area contributed by atoms with Crippen LogP contribution in [0.15, 0.2) is 72.8 Å². The number of benzene rings is 3. The molecule has 0 unspecified atom stereocenters. The van der Waals surface area contributed by atoms with Crippen molar-refractivity contribution in [1.82, 2.24) is 0 Å². The summed E-state index contributed by atoms with van der Waals surface area (Å²) in [6, 6.07) is 21.7. The second-order valence-electron chi connectivity index (χ2n) is 5.81. The van der Waals surface area contributed by atoms with Crippen molar-refractivity contribution in [3.8, 4) is 17.2 Å². The molecule has 0 bridgehead atoms. The summed E-state index contributed by atoms with van der Waals surface area (Å²) in [4.78, 5) is 12.3. The van der Waals surface area contributed by atoms with Crippen LogP contribution in [0.3, 0.4) is 0 Å². The van der Waals surface area contributed by atoms with Crippen LogP contribution >= 0.6 is 0 Å². The first-order chi connectivity index (χ1) is 12.1. The lowest BCUT2D eigenvalue weighted by atomic mass is 10.1. The van der Waals surface area contributed by atoms with Crippen molar-refractivity contribution >= 4 is 11.6 Å². The number of hydrogen-bond acceptors (Lipinski definition) is 3. The molecule has 0 saturated heterocycles. The lowest BCUT2D eigenvalue weighted by Gasteiger charge is -2.12. The van der Waals surface area contributed by atoms with Crippen LogP contribution in [0.4, 0.5) is 5.69 Å². The van der Waals surface area contributed by atoms with Crippen molar-refractivity contribution in [2.45, 2.75) is 13.3 Å². The molecule has 4 heteroatoms. The Morgan fingerprint density at radius 1 is 1.00 bits per heavy atom. The molecular formula is C21H19NO3. The molecule has 0 fully saturated rings. The maximum absolute atomic E-state index is 12.3. The van der Waals surface area contributed by atoms with E-state index >= 15 is 0 Å². The minimum atomic E-state index is -0.147. The highest BCUT2D eigenvalue weighted by atomic mass is 16.5. The number of phenols is 1. The normalized spacial score (nSPS) is 10.3. The largest absolute Gasteiger partial charge is 0.508 e. The van der Waals surface area contributed by atoms with Crippen molar-refractivity contribution in [3.05, 3.63) is 83.9 Å². The Balaban J connectivity index is 1.72. The number of rotatable bonds is 5. The number of carbonyl (C=O) groups is 1. The van der Waals surface area contributed by atoms with Gasteiger partial charge in [-0.25, -0.2) is 0 Å². The van der Waals surface area contributed by atoms with Crippen LogP contribution in [0.25, 0.3) is 0 Å². The monoisotopic (exact) mass is 333 g/mol. The molecule has 0 aliphatic rings. The molecule has 1 amide bonds. The Kier molecular flexibility index (Phi) is 5.00. The van der Waals surface area contributed by atoms with Gasteiger partial charge in [0.15, 0.2) is 5.75 Å². The molecule has 0 aliphatic heterocycles. The summed E-state index contributed by atoms with van der Waals surface area (Å²) in [5.74, 6) is 1.35. The Bertz CT molecular complexity index is 872. The van der Waals surface area contributed by atoms with Crippen molar-refractivity contribution in [3.63, 3.8) is 0 Å². The molecule has 3 aromatic rings. The third-order valence-electron chi connectivity index (χ3n) is 3.68. The van der Waals surface area contributed by atoms with Crippen LogP contribution in [0, 0.1) is 6.92 Å². The van der Waals surface area contributed by atoms with E-state index in [2.05, 4.69) is 5.32 Å². The van der Waals surface area contributed by atoms with Crippen LogP contribution in [0.5, 0.6) is 17.2 Å². The van der Waals surface area contributed by atoms with Crippen molar-refractivity contribution in [1.29, 1.82) is 0 Å². The zero-order valence-corrected chi connectivity index (χ0v) is 13.9. The highest BCUT2D eigenvalue weighted by Crippen LogP contribution is 2.29. The predicted octanol–water partition coefficient (Wildman–Crippen LogP) is 4.67. The zero-order valence-electron chi connectivity index (χ0n) is 13.9. The minimum Gasteiger partial charge on any atom is -0.508 e. The molecule has 0 spiro atoms. The standard InChI is InChI=1S/C21H19NO3/c1-15-5-4-6-18(13-15)25-20-8-3-2-7-19(20)22-21(24)14-16-9-11-17(23)12-10-16/h2-13,23H,14H2,1H3,(H,22,24). The zero-order chi connectivity index (χ0) is 17.6. The van der Waals surface area contributed by atoms with Gasteiger partial charge in [-0.05, 0) is 54.4 Å². The number of carbonyl (C=O) groups excluding carboxylic acids is 1. The summed E-state index contributed by atoms with van der Waals surface area (Å²) >= 11 is 0. The summed E-state index contributed by atoms with van der Waals surface area (Å²) < 4.78 is 5.91. The maximum atomic E-state index is 12.3. The van der Waals surface area contributed by atoms with E-state index in [9.17, 15) is 9.90 Å². The average molecular weight is 333 g/mol. The molecule has 2 N–H and O–H groups in total. The van der Waals surface area contributed by atoms with Crippen LogP contribution < -0.4 is 10.1 Å². The molecule has 4 nitrogen and oxygen atoms in total. The number of hydrogen-bond donors (Lipinski definition) is 2. The fourth-order valence-corrected chi connectivity index (χ4v) is 2.46. The predicted molar refractivity (Wildman–Crippen MR) is 98.1 cm³/mol. The number of amides is 1. The van der Waals surface area contributed by atoms with Crippen LogP contribution in [-0.2, 0) is 11.2 Å². The molecule has 25 heavy (non-hydrogen) atoms. The first kappa shape index (κ1) is 16.6. The number of phenolic OH excluding ortho intramolecular Hbond substituents is 1. The molecule has 0 saturated carbocycles. The molecule has 3 aromatic carbocycles. The van der Waals surface area contributed by atoms with Crippen LogP contribution in [0.2, 0.25) is 0 Å². The fraction of sp³-hybridized carbons (Fsp3) is 0.0952. The minimum absolute atomic E-state index is 0.147. The van der Waals surface area contributed by atoms with Gasteiger partial charge in [-0.3, -0.25) is 4.79 Å². The van der Waals surface area contributed by atoms with Gasteiger partial charge < -0.3 is 15.2 Å². The highest BCUT2D eigenvalue weighted by Gasteiger charge is 2.09. The SMILES string of the molecule is Cc1cccc(Oc2ccccc2NC(=O)Cc2ccc(O)cc2)c1. The summed E-state index contributed by atoms with van der Waals surface area (Å²) in [5, 5.41) is 12.2. The Labute approximate surface area is 146 Å². The van der Waals surface area contributed by atoms with Crippen LogP contribution in [0.1, 0.15) is 11.1 Å². The third kappa shape index (κ3) is 4.61. The van der Waals surface area contributed by atoms with Gasteiger partial charge in [0.2, 0.25) is 5.91 Å². The van der Waals surface area contributed by atoms with Crippen molar-refractivity contribution in [2.75, 3.05) is 5.32 Å². The molecule has 0 atom stereocenters. The van der Waals surface area contributed by atoms with Gasteiger partial charge in [-0.2, -0.15) is 0 Å². The lowest BCUT2D eigenvalue weighted by molar-refractivity contribution is -0.115. The molecule has 126 valence electrons. The highest BCUT2D eigenvalue weighted by molar-refractivity contribution is 5.93. The first-order valence-electron chi connectivity index (χ1n) is 8.01. The topological polar surface area (TPSA) is 58.6 Å². The van der Waals surface area contributed by atoms with Gasteiger partial charge in [0.05, 0.1) is 12.1 Å². The summed E-state index contributed by atoms with van der Waals surface area (Å²) in [6.07, 6.45) is 0.221. The molecule has 0 aliphatic carbocycles. The van der Waals surface area contributed by atoms with E-state index in [4.69, 9.17) is 4.74 Å². The number of aryl methyl sites for hydroxylation is 1. The van der Waals surface area contributed by atoms with E-state index in [-0.39, 0.29) is 18.1 Å². The summed E-state index contributed by atoms with van der Waals surface area (Å²) in [6.45, 7) is 2.00. The Morgan fingerprint density at radius 3 is 2.52 bits per heavy atom. The number of aromatic hydroxyl groups is 1. The van der Waals surface area contributed by atoms with E-state index in [1.54, 1.807) is 30.3 Å². The van der Waals surface area contributed by atoms with E-state index in [0.717, 1.165) is 16.9 Å². The van der Waals surface area contributed by atoms with Gasteiger partial charge in [-0.15, -0.1) is 0 Å². The number of anilines is 1. The van der Waals surface area contributed by atoms with Gasteiger partial charge >= 0.3 is 0 Å². The second kappa shape index (κ2) is 7.53. The Hall–Kier alpha value is -3.27. The van der Waals surface area contributed by atoms with Crippen LogP contribution in [-0.4, -0.2) is 11.0 Å². The number of ether oxygens (including phenoxy) is 1. The average Bonchev–Trinajstić information content (AvgIpc) is 2.59. The van der Waals surface area contributed by atoms with Gasteiger partial charge in [0.1, 0.15) is 11.5 Å². The third-order valence-corrected chi connectivity index (χ3v) is 3.68. The van der Waals surface area contributed by atoms with E-state index in [0.29, 0.717) is 11.4 Å². The summed E-state index contributed by atoms with van der Waals surface area (Å²) in [7, 11) is 0. The molecule has 0 radical (unpaired) electrons. The summed E-state index contributed by atoms with van der Waals surface area (Å²) in [5.41, 5.74) is 2.55. The van der Waals surface area contributed by atoms with Gasteiger partial charge in [0, 0.05) is 0 Å². The Morgan fingerprint density at radius 2 is 1.76 bits per heavy atom. The lowest BCUT2D eigenvalue weighted by Crippen LogP contribution is -2.14. The molecular weight excluding hydrogens is 314 g/mol. The molecule has 0 heterocycles. The van der Waals surface area contributed by atoms with Gasteiger partial charge in [0.25, 0.3) is 0 Å². The van der Waals surface area contributed by atoms with Gasteiger partial charge in [-0.1, -0.05) is 36.4 Å². The molecule has 3 rings (SSSR count). The maximum Gasteiger partial charge on any atom is 0.228 e.